The number of hydrogen-bond donors (Lipinski definition) is 0. The van der Waals surface area contributed by atoms with Crippen LogP contribution < -0.4 is 0 Å². The molecule has 0 atom stereocenters. The molecule has 1 aliphatic rings. The van der Waals surface area contributed by atoms with Gasteiger partial charge in [0, 0.05) is 5.56 Å². The van der Waals surface area contributed by atoms with Crippen LogP contribution in [-0.4, -0.2) is 12.6 Å². The molecule has 0 N–H and O–H groups in total. The van der Waals surface area contributed by atoms with E-state index < -0.39 is 0 Å². The van der Waals surface area contributed by atoms with Crippen molar-refractivity contribution < 1.29 is 0 Å². The molecule has 2 heteroatoms. The van der Waals surface area contributed by atoms with Crippen molar-refractivity contribution in [2.75, 3.05) is 0 Å². The maximum atomic E-state index is 4.76. The fourth-order valence-corrected chi connectivity index (χ4v) is 6.36. The maximum Gasteiger partial charge on any atom is 0.154 e. The molecule has 0 saturated heterocycles. The lowest BCUT2D eigenvalue weighted by atomic mass is 9.93. The van der Waals surface area contributed by atoms with Gasteiger partial charge in [-0.2, -0.15) is 0 Å². The second kappa shape index (κ2) is 13.6. The Kier molecular flexibility index (Phi) is 8.66. The van der Waals surface area contributed by atoms with Crippen LogP contribution in [0.2, 0.25) is 0 Å². The maximum absolute atomic E-state index is 4.76. The van der Waals surface area contributed by atoms with E-state index in [2.05, 4.69) is 158 Å². The van der Waals surface area contributed by atoms with E-state index in [1.54, 1.807) is 0 Å². The van der Waals surface area contributed by atoms with Crippen molar-refractivity contribution in [3.8, 4) is 11.1 Å². The summed E-state index contributed by atoms with van der Waals surface area (Å²) in [7, 11) is 0. The van der Waals surface area contributed by atoms with Crippen molar-refractivity contribution in [2.45, 2.75) is 19.4 Å². The second-order valence-electron chi connectivity index (χ2n) is 11.9. The fraction of sp³-hybridized carbons (Fsp3) is 0.0667. The Labute approximate surface area is 277 Å². The minimum Gasteiger partial charge on any atom is -0.261 e. The van der Waals surface area contributed by atoms with E-state index in [0.717, 1.165) is 35.1 Å². The lowest BCUT2D eigenvalue weighted by molar-refractivity contribution is 1.06. The molecule has 0 aromatic heterocycles. The fourth-order valence-electron chi connectivity index (χ4n) is 6.36. The summed E-state index contributed by atoms with van der Waals surface area (Å²) in [4.78, 5) is 9.02. The SMILES string of the molecule is C=N/C(=N\Cc1ccccc1)c1ccc(C(/C=C\Cc2ccc(-c3ccccc3)cc2)=C2\Cc3cc4ccccc4cc3C2=C)cc1. The molecule has 6 aromatic carbocycles. The molecule has 7 rings (SSSR count). The van der Waals surface area contributed by atoms with Gasteiger partial charge in [0.05, 0.1) is 6.54 Å². The van der Waals surface area contributed by atoms with Gasteiger partial charge < -0.3 is 0 Å². The molecule has 0 amide bonds. The second-order valence-corrected chi connectivity index (χ2v) is 11.9. The molecule has 226 valence electrons. The smallest absolute Gasteiger partial charge is 0.154 e. The van der Waals surface area contributed by atoms with Gasteiger partial charge in [-0.15, -0.1) is 0 Å². The van der Waals surface area contributed by atoms with Gasteiger partial charge in [-0.1, -0.05) is 158 Å². The third kappa shape index (κ3) is 6.59. The molecular weight excluding hydrogens is 569 g/mol. The standard InChI is InChI=1S/C45H36N2/c1-32-43-29-40-18-10-9-17-39(40)28-41(43)30-44(32)42(19-11-14-33-20-22-36(23-21-33)35-15-7-4-8-16-35)37-24-26-38(27-25-37)45(46-2)47-31-34-12-5-3-6-13-34/h3-13,15-29H,1-2,14,30-31H2/b19-11-,44-42+,47-45-. The van der Waals surface area contributed by atoms with Crippen LogP contribution in [0.4, 0.5) is 0 Å². The highest BCUT2D eigenvalue weighted by Crippen LogP contribution is 2.42. The molecule has 0 fully saturated rings. The van der Waals surface area contributed by atoms with E-state index in [9.17, 15) is 0 Å². The van der Waals surface area contributed by atoms with Crippen LogP contribution in [0, 0.1) is 0 Å². The molecule has 0 saturated carbocycles. The quantitative estimate of drug-likeness (QED) is 0.122. The number of benzene rings is 6. The van der Waals surface area contributed by atoms with E-state index in [4.69, 9.17) is 4.99 Å². The zero-order valence-electron chi connectivity index (χ0n) is 26.4. The first-order chi connectivity index (χ1) is 23.2. The molecule has 1 aliphatic carbocycles. The third-order valence-electron chi connectivity index (χ3n) is 8.91. The van der Waals surface area contributed by atoms with Crippen molar-refractivity contribution in [3.05, 3.63) is 203 Å². The molecule has 0 aliphatic heterocycles. The van der Waals surface area contributed by atoms with Crippen molar-refractivity contribution in [2.24, 2.45) is 9.98 Å². The zero-order valence-corrected chi connectivity index (χ0v) is 26.4. The lowest BCUT2D eigenvalue weighted by Crippen LogP contribution is -1.99. The lowest BCUT2D eigenvalue weighted by Gasteiger charge is -2.11. The summed E-state index contributed by atoms with van der Waals surface area (Å²) in [5.74, 6) is 0.647. The van der Waals surface area contributed by atoms with Gasteiger partial charge in [-0.05, 0) is 92.1 Å². The first-order valence-electron chi connectivity index (χ1n) is 16.1. The predicted octanol–water partition coefficient (Wildman–Crippen LogP) is 11.0. The number of fused-ring (bicyclic) bond motifs is 2. The van der Waals surface area contributed by atoms with Crippen LogP contribution in [0.3, 0.4) is 0 Å². The predicted molar refractivity (Wildman–Crippen MR) is 201 cm³/mol. The Hall–Kier alpha value is -5.86. The monoisotopic (exact) mass is 604 g/mol. The van der Waals surface area contributed by atoms with Crippen molar-refractivity contribution >= 4 is 34.5 Å². The minimum absolute atomic E-state index is 0.563. The average Bonchev–Trinajstić information content (AvgIpc) is 3.45. The Bertz CT molecular complexity index is 2150. The number of hydrogen-bond acceptors (Lipinski definition) is 1. The Morgan fingerprint density at radius 1 is 0.638 bits per heavy atom. The van der Waals surface area contributed by atoms with Crippen LogP contribution in [-0.2, 0) is 19.4 Å². The summed E-state index contributed by atoms with van der Waals surface area (Å²) in [5, 5.41) is 2.51. The van der Waals surface area contributed by atoms with E-state index in [-0.39, 0.29) is 0 Å². The van der Waals surface area contributed by atoms with Gasteiger partial charge >= 0.3 is 0 Å². The largest absolute Gasteiger partial charge is 0.261 e. The highest BCUT2D eigenvalue weighted by atomic mass is 14.9. The first kappa shape index (κ1) is 29.8. The van der Waals surface area contributed by atoms with Crippen molar-refractivity contribution in [3.63, 3.8) is 0 Å². The number of amidine groups is 1. The van der Waals surface area contributed by atoms with Gasteiger partial charge in [0.2, 0.25) is 0 Å². The zero-order chi connectivity index (χ0) is 32.0. The summed E-state index contributed by atoms with van der Waals surface area (Å²) in [6, 6.07) is 51.3. The molecule has 47 heavy (non-hydrogen) atoms. The molecule has 0 unspecified atom stereocenters. The van der Waals surface area contributed by atoms with Crippen molar-refractivity contribution in [1.29, 1.82) is 0 Å². The number of rotatable bonds is 8. The summed E-state index contributed by atoms with van der Waals surface area (Å²) in [6.07, 6.45) is 6.25. The summed E-state index contributed by atoms with van der Waals surface area (Å²) < 4.78 is 0. The molecule has 0 radical (unpaired) electrons. The van der Waals surface area contributed by atoms with E-state index in [0.29, 0.717) is 12.4 Å². The molecular formula is C45H36N2. The van der Waals surface area contributed by atoms with Crippen LogP contribution in [0.15, 0.2) is 180 Å². The number of aliphatic imine (C=N–C) groups is 2. The van der Waals surface area contributed by atoms with Crippen LogP contribution in [0.25, 0.3) is 33.0 Å². The van der Waals surface area contributed by atoms with Gasteiger partial charge in [-0.3, -0.25) is 4.99 Å². The van der Waals surface area contributed by atoms with E-state index in [1.165, 1.54) is 49.7 Å². The number of allylic oxidation sites excluding steroid dienone is 5. The van der Waals surface area contributed by atoms with Gasteiger partial charge in [-0.25, -0.2) is 4.99 Å². The van der Waals surface area contributed by atoms with Crippen molar-refractivity contribution in [1.82, 2.24) is 0 Å². The highest BCUT2D eigenvalue weighted by Gasteiger charge is 2.23. The highest BCUT2D eigenvalue weighted by molar-refractivity contribution is 6.02. The topological polar surface area (TPSA) is 24.7 Å². The average molecular weight is 605 g/mol. The van der Waals surface area contributed by atoms with Crippen LogP contribution >= 0.6 is 0 Å². The summed E-state index contributed by atoms with van der Waals surface area (Å²) in [5.41, 5.74) is 13.1. The van der Waals surface area contributed by atoms with E-state index in [1.807, 2.05) is 18.2 Å². The Morgan fingerprint density at radius 2 is 1.26 bits per heavy atom. The Morgan fingerprint density at radius 3 is 1.96 bits per heavy atom. The third-order valence-corrected chi connectivity index (χ3v) is 8.91. The molecule has 6 aromatic rings. The van der Waals surface area contributed by atoms with E-state index >= 15 is 0 Å². The van der Waals surface area contributed by atoms with Crippen LogP contribution in [0.5, 0.6) is 0 Å². The van der Waals surface area contributed by atoms with Crippen LogP contribution in [0.1, 0.15) is 33.4 Å². The van der Waals surface area contributed by atoms with Gasteiger partial charge in [0.1, 0.15) is 0 Å². The normalized spacial score (nSPS) is 14.0. The molecule has 0 heterocycles. The van der Waals surface area contributed by atoms with Gasteiger partial charge in [0.15, 0.2) is 5.84 Å². The molecule has 2 nitrogen and oxygen atoms in total. The molecule has 0 bridgehead atoms. The minimum atomic E-state index is 0.563. The molecule has 0 spiro atoms. The number of nitrogens with zero attached hydrogens (tertiary/aromatic N) is 2. The summed E-state index contributed by atoms with van der Waals surface area (Å²) in [6.45, 7) is 8.98. The summed E-state index contributed by atoms with van der Waals surface area (Å²) >= 11 is 0. The first-order valence-corrected chi connectivity index (χ1v) is 16.1. The Balaban J connectivity index is 1.20. The van der Waals surface area contributed by atoms with Gasteiger partial charge in [0.25, 0.3) is 0 Å².